The molecule has 2 aromatic rings. The van der Waals surface area contributed by atoms with Crippen molar-refractivity contribution in [2.24, 2.45) is 0 Å². The van der Waals surface area contributed by atoms with Crippen molar-refractivity contribution in [1.29, 1.82) is 5.26 Å². The molecular formula is C21H21N3O2. The van der Waals surface area contributed by atoms with E-state index in [1.165, 1.54) is 12.3 Å². The largest absolute Gasteiger partial charge is 0.335 e. The minimum absolute atomic E-state index is 0.0581. The number of benzene rings is 1. The topological polar surface area (TPSA) is 74.1 Å². The number of nitriles is 1. The Balaban J connectivity index is 1.81. The van der Waals surface area contributed by atoms with Crippen molar-refractivity contribution in [2.75, 3.05) is 6.54 Å². The van der Waals surface area contributed by atoms with Crippen molar-refractivity contribution < 1.29 is 9.59 Å². The minimum atomic E-state index is -0.128. The maximum absolute atomic E-state index is 13.0. The Kier molecular flexibility index (Phi) is 5.75. The van der Waals surface area contributed by atoms with E-state index >= 15 is 0 Å². The van der Waals surface area contributed by atoms with Gasteiger partial charge in [-0.3, -0.25) is 9.59 Å². The molecule has 1 aromatic heterocycles. The smallest absolute Gasteiger partial charge is 0.254 e. The Morgan fingerprint density at radius 1 is 1.12 bits per heavy atom. The van der Waals surface area contributed by atoms with Crippen LogP contribution in [0, 0.1) is 11.3 Å². The summed E-state index contributed by atoms with van der Waals surface area (Å²) in [6.07, 6.45) is 5.62. The van der Waals surface area contributed by atoms with Gasteiger partial charge in [0.2, 0.25) is 0 Å². The summed E-state index contributed by atoms with van der Waals surface area (Å²) in [4.78, 5) is 31.4. The second-order valence-corrected chi connectivity index (χ2v) is 6.54. The highest BCUT2D eigenvalue weighted by molar-refractivity contribution is 5.98. The van der Waals surface area contributed by atoms with Crippen LogP contribution in [0.15, 0.2) is 48.7 Å². The number of hydrogen-bond acceptors (Lipinski definition) is 4. The van der Waals surface area contributed by atoms with Gasteiger partial charge in [0.05, 0.1) is 0 Å². The monoisotopic (exact) mass is 347 g/mol. The Morgan fingerprint density at radius 3 is 2.69 bits per heavy atom. The van der Waals surface area contributed by atoms with Crippen LogP contribution in [-0.2, 0) is 0 Å². The summed E-state index contributed by atoms with van der Waals surface area (Å²) in [5.74, 6) is -0.0700. The first-order chi connectivity index (χ1) is 12.7. The van der Waals surface area contributed by atoms with Crippen LogP contribution in [0.1, 0.15) is 58.5 Å². The van der Waals surface area contributed by atoms with E-state index in [0.29, 0.717) is 24.1 Å². The summed E-state index contributed by atoms with van der Waals surface area (Å²) in [6.45, 7) is 0.635. The quantitative estimate of drug-likeness (QED) is 0.792. The average molecular weight is 347 g/mol. The molecule has 5 nitrogen and oxygen atoms in total. The third-order valence-corrected chi connectivity index (χ3v) is 4.78. The van der Waals surface area contributed by atoms with Crippen LogP contribution in [0.5, 0.6) is 0 Å². The zero-order valence-electron chi connectivity index (χ0n) is 14.6. The van der Waals surface area contributed by atoms with E-state index in [-0.39, 0.29) is 23.4 Å². The molecule has 0 aliphatic carbocycles. The highest BCUT2D eigenvalue weighted by atomic mass is 16.2. The van der Waals surface area contributed by atoms with E-state index in [1.807, 2.05) is 41.3 Å². The summed E-state index contributed by atoms with van der Waals surface area (Å²) < 4.78 is 0. The molecule has 0 saturated carbocycles. The Labute approximate surface area is 153 Å². The van der Waals surface area contributed by atoms with Gasteiger partial charge in [-0.25, -0.2) is 4.98 Å². The first-order valence-corrected chi connectivity index (χ1v) is 8.94. The lowest BCUT2D eigenvalue weighted by atomic mass is 9.99. The number of carbonyl (C=O) groups excluding carboxylic acids is 2. The maximum atomic E-state index is 13.0. The van der Waals surface area contributed by atoms with Crippen LogP contribution < -0.4 is 0 Å². The number of hydrogen-bond donors (Lipinski definition) is 0. The second kappa shape index (κ2) is 8.39. The molecule has 1 fully saturated rings. The number of likely N-dealkylation sites (tertiary alicyclic amines) is 1. The van der Waals surface area contributed by atoms with E-state index in [1.54, 1.807) is 6.07 Å². The summed E-state index contributed by atoms with van der Waals surface area (Å²) in [7, 11) is 0. The van der Waals surface area contributed by atoms with Crippen molar-refractivity contribution in [3.8, 4) is 6.07 Å². The number of carbonyl (C=O) groups is 2. The van der Waals surface area contributed by atoms with Gasteiger partial charge >= 0.3 is 0 Å². The predicted octanol–water partition coefficient (Wildman–Crippen LogP) is 3.61. The normalized spacial score (nSPS) is 17.2. The fraction of sp³-hybridized carbons (Fsp3) is 0.333. The first kappa shape index (κ1) is 17.8. The summed E-state index contributed by atoms with van der Waals surface area (Å²) in [6, 6.07) is 14.2. The molecule has 5 heteroatoms. The van der Waals surface area contributed by atoms with Gasteiger partial charge < -0.3 is 4.90 Å². The van der Waals surface area contributed by atoms with Crippen molar-refractivity contribution in [2.45, 2.75) is 38.1 Å². The van der Waals surface area contributed by atoms with E-state index in [4.69, 9.17) is 5.26 Å². The molecule has 1 atom stereocenters. The lowest BCUT2D eigenvalue weighted by molar-refractivity contribution is 0.0659. The van der Waals surface area contributed by atoms with Gasteiger partial charge in [-0.15, -0.1) is 0 Å². The van der Waals surface area contributed by atoms with Gasteiger partial charge in [-0.1, -0.05) is 43.2 Å². The molecule has 1 aromatic carbocycles. The molecule has 1 aliphatic rings. The van der Waals surface area contributed by atoms with Crippen molar-refractivity contribution in [3.63, 3.8) is 0 Å². The standard InChI is InChI=1S/C21H21N3O2/c22-15-18-13-17(10-11-23-18)21(26)24-12-6-2-5-9-19(24)14-20(25)16-7-3-1-4-8-16/h1,3-4,7-8,10-11,13,19H,2,5-6,9,12,14H2/t19-/m0/s1. The van der Waals surface area contributed by atoms with Gasteiger partial charge in [0.1, 0.15) is 11.8 Å². The summed E-state index contributed by atoms with van der Waals surface area (Å²) >= 11 is 0. The third kappa shape index (κ3) is 4.15. The Bertz CT molecular complexity index is 827. The van der Waals surface area contributed by atoms with Crippen LogP contribution in [0.3, 0.4) is 0 Å². The van der Waals surface area contributed by atoms with Crippen molar-refractivity contribution >= 4 is 11.7 Å². The Morgan fingerprint density at radius 2 is 1.92 bits per heavy atom. The average Bonchev–Trinajstić information content (AvgIpc) is 2.93. The van der Waals surface area contributed by atoms with Gasteiger partial charge in [-0.05, 0) is 25.0 Å². The molecule has 0 radical (unpaired) electrons. The zero-order chi connectivity index (χ0) is 18.4. The number of pyridine rings is 1. The number of aromatic nitrogens is 1. The SMILES string of the molecule is N#Cc1cc(C(=O)N2CCCCC[C@H]2CC(=O)c2ccccc2)ccn1. The molecule has 0 spiro atoms. The molecule has 2 heterocycles. The second-order valence-electron chi connectivity index (χ2n) is 6.54. The van der Waals surface area contributed by atoms with Crippen LogP contribution in [0.4, 0.5) is 0 Å². The maximum Gasteiger partial charge on any atom is 0.254 e. The van der Waals surface area contributed by atoms with Crippen LogP contribution in [-0.4, -0.2) is 34.2 Å². The number of Topliss-reactive ketones (excluding diaryl/α,β-unsaturated/α-hetero) is 1. The van der Waals surface area contributed by atoms with E-state index < -0.39 is 0 Å². The predicted molar refractivity (Wildman–Crippen MR) is 97.6 cm³/mol. The van der Waals surface area contributed by atoms with Crippen molar-refractivity contribution in [1.82, 2.24) is 9.88 Å². The van der Waals surface area contributed by atoms with Gasteiger partial charge in [-0.2, -0.15) is 5.26 Å². The number of nitrogens with zero attached hydrogens (tertiary/aromatic N) is 3. The molecule has 26 heavy (non-hydrogen) atoms. The zero-order valence-corrected chi connectivity index (χ0v) is 14.6. The molecule has 0 N–H and O–H groups in total. The van der Waals surface area contributed by atoms with Crippen LogP contribution >= 0.6 is 0 Å². The molecule has 1 amide bonds. The highest BCUT2D eigenvalue weighted by Crippen LogP contribution is 2.23. The lowest BCUT2D eigenvalue weighted by Gasteiger charge is -2.30. The molecule has 0 bridgehead atoms. The number of ketones is 1. The molecule has 132 valence electrons. The van der Waals surface area contributed by atoms with E-state index in [9.17, 15) is 9.59 Å². The fourth-order valence-electron chi connectivity index (χ4n) is 3.40. The van der Waals surface area contributed by atoms with E-state index in [0.717, 1.165) is 25.7 Å². The molecule has 1 saturated heterocycles. The Hall–Kier alpha value is -3.00. The van der Waals surface area contributed by atoms with Gasteiger partial charge in [0, 0.05) is 36.3 Å². The first-order valence-electron chi connectivity index (χ1n) is 8.94. The van der Waals surface area contributed by atoms with Crippen molar-refractivity contribution in [3.05, 3.63) is 65.5 Å². The van der Waals surface area contributed by atoms with Gasteiger partial charge in [0.25, 0.3) is 5.91 Å². The fourth-order valence-corrected chi connectivity index (χ4v) is 3.40. The third-order valence-electron chi connectivity index (χ3n) is 4.78. The molecule has 1 aliphatic heterocycles. The summed E-state index contributed by atoms with van der Waals surface area (Å²) in [5, 5.41) is 9.01. The summed E-state index contributed by atoms with van der Waals surface area (Å²) in [5.41, 5.74) is 1.36. The number of amides is 1. The van der Waals surface area contributed by atoms with E-state index in [2.05, 4.69) is 4.98 Å². The van der Waals surface area contributed by atoms with Gasteiger partial charge in [0.15, 0.2) is 5.78 Å². The minimum Gasteiger partial charge on any atom is -0.335 e. The molecule has 0 unspecified atom stereocenters. The molecule has 3 rings (SSSR count). The van der Waals surface area contributed by atoms with Crippen LogP contribution in [0.2, 0.25) is 0 Å². The molecular weight excluding hydrogens is 326 g/mol. The number of rotatable bonds is 4. The lowest BCUT2D eigenvalue weighted by Crippen LogP contribution is -2.41. The van der Waals surface area contributed by atoms with Crippen LogP contribution in [0.25, 0.3) is 0 Å². The highest BCUT2D eigenvalue weighted by Gasteiger charge is 2.28.